The summed E-state index contributed by atoms with van der Waals surface area (Å²) in [6, 6.07) is 14.9. The summed E-state index contributed by atoms with van der Waals surface area (Å²) in [4.78, 5) is 14.5. The summed E-state index contributed by atoms with van der Waals surface area (Å²) >= 11 is 5.84. The minimum absolute atomic E-state index is 0.0546. The third-order valence-corrected chi connectivity index (χ3v) is 6.04. The van der Waals surface area contributed by atoms with Crippen LogP contribution in [-0.4, -0.2) is 38.4 Å². The number of piperidine rings is 1. The molecule has 5 nitrogen and oxygen atoms in total. The average molecular weight is 379 g/mol. The molecule has 25 heavy (non-hydrogen) atoms. The number of sulfonamides is 1. The lowest BCUT2D eigenvalue weighted by Gasteiger charge is -2.32. The Bertz CT molecular complexity index is 830. The molecule has 2 aromatic rings. The van der Waals surface area contributed by atoms with Crippen LogP contribution in [0.2, 0.25) is 5.02 Å². The Morgan fingerprint density at radius 1 is 1.00 bits per heavy atom. The van der Waals surface area contributed by atoms with Crippen molar-refractivity contribution in [2.45, 2.75) is 23.8 Å². The molecular formula is C18H19ClN2O3S. The lowest BCUT2D eigenvalue weighted by molar-refractivity contribution is 0.0711. The quantitative estimate of drug-likeness (QED) is 0.889. The second-order valence-electron chi connectivity index (χ2n) is 6.01. The molecule has 0 radical (unpaired) electrons. The van der Waals surface area contributed by atoms with Crippen molar-refractivity contribution in [1.82, 2.24) is 9.62 Å². The smallest absolute Gasteiger partial charge is 0.253 e. The Morgan fingerprint density at radius 3 is 2.20 bits per heavy atom. The van der Waals surface area contributed by atoms with Crippen molar-refractivity contribution in [2.75, 3.05) is 13.1 Å². The van der Waals surface area contributed by atoms with Gasteiger partial charge < -0.3 is 4.90 Å². The van der Waals surface area contributed by atoms with E-state index in [-0.39, 0.29) is 16.8 Å². The van der Waals surface area contributed by atoms with Gasteiger partial charge in [-0.15, -0.1) is 0 Å². The van der Waals surface area contributed by atoms with Gasteiger partial charge in [-0.25, -0.2) is 13.1 Å². The second-order valence-corrected chi connectivity index (χ2v) is 8.16. The van der Waals surface area contributed by atoms with E-state index in [4.69, 9.17) is 11.6 Å². The van der Waals surface area contributed by atoms with Crippen LogP contribution in [0.3, 0.4) is 0 Å². The fourth-order valence-electron chi connectivity index (χ4n) is 2.86. The Balaban J connectivity index is 1.58. The van der Waals surface area contributed by atoms with Crippen molar-refractivity contribution in [1.29, 1.82) is 0 Å². The lowest BCUT2D eigenvalue weighted by Crippen LogP contribution is -2.46. The van der Waals surface area contributed by atoms with E-state index < -0.39 is 10.0 Å². The van der Waals surface area contributed by atoms with Crippen LogP contribution < -0.4 is 4.72 Å². The first-order chi connectivity index (χ1) is 12.0. The number of carbonyl (C=O) groups excluding carboxylic acids is 1. The van der Waals surface area contributed by atoms with Crippen molar-refractivity contribution in [3.63, 3.8) is 0 Å². The van der Waals surface area contributed by atoms with E-state index >= 15 is 0 Å². The van der Waals surface area contributed by atoms with Crippen LogP contribution in [-0.2, 0) is 10.0 Å². The second kappa shape index (κ2) is 7.56. The molecule has 3 rings (SSSR count). The third kappa shape index (κ3) is 4.39. The number of likely N-dealkylation sites (tertiary alicyclic amines) is 1. The molecule has 1 aliphatic heterocycles. The predicted molar refractivity (Wildman–Crippen MR) is 97.1 cm³/mol. The van der Waals surface area contributed by atoms with Crippen LogP contribution >= 0.6 is 11.6 Å². The zero-order chi connectivity index (χ0) is 17.9. The van der Waals surface area contributed by atoms with Crippen LogP contribution in [0.25, 0.3) is 0 Å². The van der Waals surface area contributed by atoms with Gasteiger partial charge in [0, 0.05) is 29.7 Å². The lowest BCUT2D eigenvalue weighted by atomic mass is 10.0. The molecule has 132 valence electrons. The predicted octanol–water partition coefficient (Wildman–Crippen LogP) is 2.92. The highest BCUT2D eigenvalue weighted by molar-refractivity contribution is 7.89. The Hall–Kier alpha value is -1.89. The number of nitrogens with zero attached hydrogens (tertiary/aromatic N) is 1. The van der Waals surface area contributed by atoms with Crippen LogP contribution in [0.15, 0.2) is 59.5 Å². The van der Waals surface area contributed by atoms with Gasteiger partial charge in [0.25, 0.3) is 5.91 Å². The highest BCUT2D eigenvalue weighted by Gasteiger charge is 2.27. The number of amides is 1. The summed E-state index contributed by atoms with van der Waals surface area (Å²) in [5.74, 6) is -0.0546. The van der Waals surface area contributed by atoms with E-state index in [1.54, 1.807) is 59.5 Å². The maximum Gasteiger partial charge on any atom is 0.253 e. The average Bonchev–Trinajstić information content (AvgIpc) is 2.63. The van der Waals surface area contributed by atoms with Gasteiger partial charge in [0.15, 0.2) is 0 Å². The van der Waals surface area contributed by atoms with Crippen LogP contribution in [0, 0.1) is 0 Å². The Labute approximate surface area is 152 Å². The van der Waals surface area contributed by atoms with Crippen molar-refractivity contribution in [3.05, 3.63) is 65.2 Å². The van der Waals surface area contributed by atoms with E-state index in [0.29, 0.717) is 36.5 Å². The highest BCUT2D eigenvalue weighted by Crippen LogP contribution is 2.18. The first-order valence-electron chi connectivity index (χ1n) is 8.08. The van der Waals surface area contributed by atoms with Gasteiger partial charge in [0.1, 0.15) is 0 Å². The third-order valence-electron chi connectivity index (χ3n) is 4.25. The molecule has 1 aliphatic rings. The maximum atomic E-state index is 12.5. The number of nitrogens with one attached hydrogen (secondary N) is 1. The van der Waals surface area contributed by atoms with Gasteiger partial charge in [-0.1, -0.05) is 29.8 Å². The standard InChI is InChI=1S/C18H19ClN2O3S/c19-15-8-6-14(7-9-15)18(22)21-12-10-16(11-13-21)20-25(23,24)17-4-2-1-3-5-17/h1-9,16,20H,10-13H2. The molecule has 0 aromatic heterocycles. The van der Waals surface area contributed by atoms with Crippen LogP contribution in [0.1, 0.15) is 23.2 Å². The summed E-state index contributed by atoms with van der Waals surface area (Å²) in [5, 5.41) is 0.588. The van der Waals surface area contributed by atoms with Gasteiger partial charge in [0.2, 0.25) is 10.0 Å². The van der Waals surface area contributed by atoms with E-state index in [2.05, 4.69) is 4.72 Å². The molecular weight excluding hydrogens is 360 g/mol. The van der Waals surface area contributed by atoms with Gasteiger partial charge in [0.05, 0.1) is 4.90 Å². The topological polar surface area (TPSA) is 66.5 Å². The first-order valence-corrected chi connectivity index (χ1v) is 9.94. The molecule has 1 fully saturated rings. The molecule has 1 amide bonds. The zero-order valence-electron chi connectivity index (χ0n) is 13.6. The number of hydrogen-bond donors (Lipinski definition) is 1. The molecule has 0 spiro atoms. The summed E-state index contributed by atoms with van der Waals surface area (Å²) in [6.45, 7) is 1.03. The summed E-state index contributed by atoms with van der Waals surface area (Å²) in [7, 11) is -3.52. The summed E-state index contributed by atoms with van der Waals surface area (Å²) < 4.78 is 27.5. The molecule has 1 heterocycles. The summed E-state index contributed by atoms with van der Waals surface area (Å²) in [6.07, 6.45) is 1.18. The molecule has 0 saturated carbocycles. The van der Waals surface area contributed by atoms with Gasteiger partial charge in [-0.3, -0.25) is 4.79 Å². The molecule has 7 heteroatoms. The van der Waals surface area contributed by atoms with E-state index in [1.807, 2.05) is 0 Å². The number of halogens is 1. The number of hydrogen-bond acceptors (Lipinski definition) is 3. The first kappa shape index (κ1) is 17.9. The number of rotatable bonds is 4. The van der Waals surface area contributed by atoms with E-state index in [1.165, 1.54) is 0 Å². The number of benzene rings is 2. The minimum Gasteiger partial charge on any atom is -0.339 e. The SMILES string of the molecule is O=C(c1ccc(Cl)cc1)N1CCC(NS(=O)(=O)c2ccccc2)CC1. The van der Waals surface area contributed by atoms with E-state index in [0.717, 1.165) is 0 Å². The number of carbonyl (C=O) groups is 1. The molecule has 0 unspecified atom stereocenters. The molecule has 0 atom stereocenters. The van der Waals surface area contributed by atoms with Crippen molar-refractivity contribution in [3.8, 4) is 0 Å². The fourth-order valence-corrected chi connectivity index (χ4v) is 4.31. The van der Waals surface area contributed by atoms with Crippen LogP contribution in [0.4, 0.5) is 0 Å². The zero-order valence-corrected chi connectivity index (χ0v) is 15.1. The molecule has 0 bridgehead atoms. The Morgan fingerprint density at radius 2 is 1.60 bits per heavy atom. The van der Waals surface area contributed by atoms with Gasteiger partial charge in [-0.05, 0) is 49.2 Å². The molecule has 0 aliphatic carbocycles. The van der Waals surface area contributed by atoms with E-state index in [9.17, 15) is 13.2 Å². The Kier molecular flexibility index (Phi) is 5.42. The van der Waals surface area contributed by atoms with Crippen molar-refractivity contribution >= 4 is 27.5 Å². The van der Waals surface area contributed by atoms with Crippen LogP contribution in [0.5, 0.6) is 0 Å². The highest BCUT2D eigenvalue weighted by atomic mass is 35.5. The van der Waals surface area contributed by atoms with Crippen molar-refractivity contribution < 1.29 is 13.2 Å². The normalized spacial score (nSPS) is 16.0. The monoisotopic (exact) mass is 378 g/mol. The minimum atomic E-state index is -3.52. The van der Waals surface area contributed by atoms with Gasteiger partial charge in [-0.2, -0.15) is 0 Å². The molecule has 1 N–H and O–H groups in total. The molecule has 2 aromatic carbocycles. The van der Waals surface area contributed by atoms with Gasteiger partial charge >= 0.3 is 0 Å². The maximum absolute atomic E-state index is 12.5. The largest absolute Gasteiger partial charge is 0.339 e. The molecule has 1 saturated heterocycles. The fraction of sp³-hybridized carbons (Fsp3) is 0.278. The summed E-state index contributed by atoms with van der Waals surface area (Å²) in [5.41, 5.74) is 0.590. The van der Waals surface area contributed by atoms with Crippen molar-refractivity contribution in [2.24, 2.45) is 0 Å².